The van der Waals surface area contributed by atoms with Gasteiger partial charge in [-0.2, -0.15) is 0 Å². The van der Waals surface area contributed by atoms with Gasteiger partial charge in [0.05, 0.1) is 18.5 Å². The van der Waals surface area contributed by atoms with Crippen LogP contribution in [0.2, 0.25) is 0 Å². The maximum atomic E-state index is 11.8. The van der Waals surface area contributed by atoms with E-state index in [2.05, 4.69) is 17.6 Å². The molecule has 0 bridgehead atoms. The van der Waals surface area contributed by atoms with Gasteiger partial charge in [-0.15, -0.1) is 0 Å². The highest BCUT2D eigenvalue weighted by Crippen LogP contribution is 2.32. The molecule has 2 rings (SSSR count). The quantitative estimate of drug-likeness (QED) is 0.491. The minimum absolute atomic E-state index is 0.153. The van der Waals surface area contributed by atoms with Crippen LogP contribution >= 0.6 is 11.8 Å². The molecule has 1 fully saturated rings. The molecule has 1 aromatic carbocycles. The second-order valence-corrected chi connectivity index (χ2v) is 8.34. The zero-order valence-corrected chi connectivity index (χ0v) is 17.9. The normalized spacial score (nSPS) is 15.2. The van der Waals surface area contributed by atoms with E-state index in [1.54, 1.807) is 11.8 Å². The number of carbonyl (C=O) groups is 2. The molecule has 0 unspecified atom stereocenters. The third-order valence-corrected chi connectivity index (χ3v) is 5.86. The fourth-order valence-corrected chi connectivity index (χ4v) is 4.35. The second kappa shape index (κ2) is 11.7. The van der Waals surface area contributed by atoms with Gasteiger partial charge in [0.25, 0.3) is 0 Å². The van der Waals surface area contributed by atoms with Crippen molar-refractivity contribution in [3.8, 4) is 0 Å². The van der Waals surface area contributed by atoms with Crippen LogP contribution < -0.4 is 10.6 Å². The number of rotatable bonds is 6. The summed E-state index contributed by atoms with van der Waals surface area (Å²) in [6.45, 7) is 3.63. The molecule has 1 aliphatic rings. The average molecular weight is 406 g/mol. The first-order chi connectivity index (χ1) is 13.5. The Kier molecular flexibility index (Phi) is 9.34. The van der Waals surface area contributed by atoms with Crippen molar-refractivity contribution in [2.45, 2.75) is 70.5 Å². The third kappa shape index (κ3) is 7.54. The van der Waals surface area contributed by atoms with Crippen molar-refractivity contribution < 1.29 is 14.3 Å². The first-order valence-corrected chi connectivity index (χ1v) is 10.9. The molecule has 0 aliphatic heterocycles. The zero-order valence-electron chi connectivity index (χ0n) is 17.0. The van der Waals surface area contributed by atoms with Crippen LogP contribution in [-0.2, 0) is 16.0 Å². The smallest absolute Gasteiger partial charge is 0.412 e. The third-order valence-electron chi connectivity index (χ3n) is 4.64. The van der Waals surface area contributed by atoms with Gasteiger partial charge in [-0.25, -0.2) is 9.79 Å². The van der Waals surface area contributed by atoms with Crippen molar-refractivity contribution in [3.63, 3.8) is 0 Å². The highest BCUT2D eigenvalue weighted by molar-refractivity contribution is 8.14. The summed E-state index contributed by atoms with van der Waals surface area (Å²) in [7, 11) is 1.34. The summed E-state index contributed by atoms with van der Waals surface area (Å²) in [5.74, 6) is -0.153. The molecule has 7 heteroatoms. The highest BCUT2D eigenvalue weighted by atomic mass is 32.2. The van der Waals surface area contributed by atoms with E-state index in [0.29, 0.717) is 21.8 Å². The van der Waals surface area contributed by atoms with Crippen LogP contribution in [0.5, 0.6) is 0 Å². The molecule has 28 heavy (non-hydrogen) atoms. The lowest BCUT2D eigenvalue weighted by atomic mass is 10.0. The van der Waals surface area contributed by atoms with Gasteiger partial charge < -0.3 is 10.1 Å². The lowest BCUT2D eigenvalue weighted by molar-refractivity contribution is -0.114. The average Bonchev–Trinajstić information content (AvgIpc) is 2.68. The Morgan fingerprint density at radius 2 is 2.00 bits per heavy atom. The van der Waals surface area contributed by atoms with Crippen molar-refractivity contribution >= 4 is 40.3 Å². The molecule has 1 aromatic rings. The van der Waals surface area contributed by atoms with Crippen LogP contribution in [0.1, 0.15) is 64.4 Å². The number of unbranched alkanes of at least 4 members (excludes halogenated alkanes) is 1. The molecule has 0 atom stereocenters. The molecule has 2 N–H and O–H groups in total. The van der Waals surface area contributed by atoms with E-state index >= 15 is 0 Å². The van der Waals surface area contributed by atoms with E-state index in [-0.39, 0.29) is 5.91 Å². The van der Waals surface area contributed by atoms with E-state index in [0.717, 1.165) is 37.7 Å². The fraction of sp³-hybridized carbons (Fsp3) is 0.571. The van der Waals surface area contributed by atoms with Crippen LogP contribution in [0.15, 0.2) is 23.2 Å². The maximum absolute atomic E-state index is 11.8. The Bertz CT molecular complexity index is 700. The molecular formula is C21H31N3O3S. The number of methoxy groups -OCH3 is 1. The van der Waals surface area contributed by atoms with Crippen LogP contribution in [0.25, 0.3) is 0 Å². The number of anilines is 1. The molecule has 154 valence electrons. The number of amidine groups is 1. The van der Waals surface area contributed by atoms with Gasteiger partial charge in [-0.1, -0.05) is 50.4 Å². The Balaban J connectivity index is 2.32. The molecule has 1 aliphatic carbocycles. The molecule has 0 radical (unpaired) electrons. The standard InChI is InChI=1S/C21H31N3O3S/c1-4-5-9-16-12-13-18(22-15(2)25)19(14-16)23-20(24-21(26)27-3)28-17-10-7-6-8-11-17/h12-14,17H,4-11H2,1-3H3,(H,22,25)(H,23,24,26). The van der Waals surface area contributed by atoms with Gasteiger partial charge >= 0.3 is 6.09 Å². The molecule has 0 spiro atoms. The summed E-state index contributed by atoms with van der Waals surface area (Å²) in [4.78, 5) is 28.1. The Hall–Kier alpha value is -2.02. The van der Waals surface area contributed by atoms with E-state index < -0.39 is 6.09 Å². The van der Waals surface area contributed by atoms with Crippen LogP contribution in [-0.4, -0.2) is 29.5 Å². The van der Waals surface area contributed by atoms with Gasteiger partial charge in [0.2, 0.25) is 5.91 Å². The van der Waals surface area contributed by atoms with Crippen molar-refractivity contribution in [2.75, 3.05) is 12.4 Å². The van der Waals surface area contributed by atoms with Crippen molar-refractivity contribution in [1.29, 1.82) is 0 Å². The van der Waals surface area contributed by atoms with Gasteiger partial charge in [0.1, 0.15) is 0 Å². The van der Waals surface area contributed by atoms with Crippen LogP contribution in [0.3, 0.4) is 0 Å². The maximum Gasteiger partial charge on any atom is 0.412 e. The van der Waals surface area contributed by atoms with Crippen molar-refractivity contribution in [2.24, 2.45) is 4.99 Å². The number of benzene rings is 1. The van der Waals surface area contributed by atoms with Gasteiger partial charge in [0.15, 0.2) is 5.17 Å². The van der Waals surface area contributed by atoms with Crippen LogP contribution in [0, 0.1) is 0 Å². The minimum atomic E-state index is -0.537. The summed E-state index contributed by atoms with van der Waals surface area (Å²) in [6.07, 6.45) is 8.51. The first kappa shape index (κ1) is 22.3. The lowest BCUT2D eigenvalue weighted by Crippen LogP contribution is -2.30. The number of hydrogen-bond acceptors (Lipinski definition) is 5. The second-order valence-electron chi connectivity index (χ2n) is 7.05. The highest BCUT2D eigenvalue weighted by Gasteiger charge is 2.19. The van der Waals surface area contributed by atoms with Gasteiger partial charge in [-0.05, 0) is 43.4 Å². The predicted octanol–water partition coefficient (Wildman–Crippen LogP) is 5.40. The minimum Gasteiger partial charge on any atom is -0.453 e. The van der Waals surface area contributed by atoms with Crippen LogP contribution in [0.4, 0.5) is 16.2 Å². The molecule has 1 saturated carbocycles. The molecular weight excluding hydrogens is 374 g/mol. The molecule has 6 nitrogen and oxygen atoms in total. The molecule has 0 saturated heterocycles. The number of thioether (sulfide) groups is 1. The Morgan fingerprint density at radius 1 is 1.25 bits per heavy atom. The number of aryl methyl sites for hydroxylation is 1. The summed E-state index contributed by atoms with van der Waals surface area (Å²) in [5, 5.41) is 6.52. The van der Waals surface area contributed by atoms with Crippen molar-refractivity contribution in [1.82, 2.24) is 5.32 Å². The zero-order chi connectivity index (χ0) is 20.4. The number of alkyl carbamates (subject to hydrolysis) is 1. The molecule has 0 aromatic heterocycles. The molecule has 0 heterocycles. The van der Waals surface area contributed by atoms with E-state index in [9.17, 15) is 9.59 Å². The predicted molar refractivity (Wildman–Crippen MR) is 116 cm³/mol. The van der Waals surface area contributed by atoms with Gasteiger partial charge in [0, 0.05) is 12.2 Å². The summed E-state index contributed by atoms with van der Waals surface area (Å²) in [5.41, 5.74) is 2.45. The summed E-state index contributed by atoms with van der Waals surface area (Å²) in [6, 6.07) is 5.88. The number of ether oxygens (including phenoxy) is 1. The van der Waals surface area contributed by atoms with E-state index in [4.69, 9.17) is 9.73 Å². The largest absolute Gasteiger partial charge is 0.453 e. The summed E-state index contributed by atoms with van der Waals surface area (Å²) >= 11 is 1.58. The lowest BCUT2D eigenvalue weighted by Gasteiger charge is -2.21. The number of nitrogens with one attached hydrogen (secondary N) is 2. The summed E-state index contributed by atoms with van der Waals surface area (Å²) < 4.78 is 4.77. The first-order valence-electron chi connectivity index (χ1n) is 10.0. The monoisotopic (exact) mass is 405 g/mol. The number of hydrogen-bond donors (Lipinski definition) is 2. The topological polar surface area (TPSA) is 79.8 Å². The Morgan fingerprint density at radius 3 is 2.64 bits per heavy atom. The number of nitrogens with zero attached hydrogens (tertiary/aromatic N) is 1. The SMILES string of the molecule is CCCCc1ccc(NC(C)=O)c(N=C(NC(=O)OC)SC2CCCCC2)c1. The number of aliphatic imine (C=N–C) groups is 1. The number of amides is 2. The molecule has 2 amide bonds. The Labute approximate surface area is 171 Å². The van der Waals surface area contributed by atoms with E-state index in [1.807, 2.05) is 18.2 Å². The van der Waals surface area contributed by atoms with E-state index in [1.165, 1.54) is 33.3 Å². The number of carbonyl (C=O) groups excluding carboxylic acids is 2. The van der Waals surface area contributed by atoms with Gasteiger partial charge in [-0.3, -0.25) is 10.1 Å². The van der Waals surface area contributed by atoms with Crippen molar-refractivity contribution in [3.05, 3.63) is 23.8 Å². The fourth-order valence-electron chi connectivity index (χ4n) is 3.17.